The molecule has 4 nitrogen and oxygen atoms in total. The zero-order valence-electron chi connectivity index (χ0n) is 15.9. The second-order valence-electron chi connectivity index (χ2n) is 8.31. The number of carbonyl (C=O) groups is 1. The molecule has 1 amide bonds. The first-order chi connectivity index (χ1) is 14.0. The van der Waals surface area contributed by atoms with Gasteiger partial charge in [0.1, 0.15) is 11.6 Å². The largest absolute Gasteiger partial charge is 0.310 e. The summed E-state index contributed by atoms with van der Waals surface area (Å²) in [6.07, 6.45) is 8.34. The van der Waals surface area contributed by atoms with Crippen molar-refractivity contribution < 1.29 is 9.18 Å². The molecule has 1 atom stereocenters. The Morgan fingerprint density at radius 1 is 1.14 bits per heavy atom. The van der Waals surface area contributed by atoms with Gasteiger partial charge in [-0.15, -0.1) is 0 Å². The molecule has 148 valence electrons. The zero-order valence-corrected chi connectivity index (χ0v) is 16.6. The molecule has 2 fully saturated rings. The summed E-state index contributed by atoms with van der Waals surface area (Å²) in [6, 6.07) is 10.3. The van der Waals surface area contributed by atoms with E-state index in [1.165, 1.54) is 17.8 Å². The van der Waals surface area contributed by atoms with Crippen LogP contribution in [0.5, 0.6) is 0 Å². The Morgan fingerprint density at radius 3 is 2.72 bits per heavy atom. The molecule has 2 aromatic heterocycles. The van der Waals surface area contributed by atoms with E-state index in [2.05, 4.69) is 15.3 Å². The van der Waals surface area contributed by atoms with E-state index < -0.39 is 0 Å². The van der Waals surface area contributed by atoms with Crippen LogP contribution >= 0.6 is 11.6 Å². The molecule has 2 aliphatic rings. The van der Waals surface area contributed by atoms with Crippen molar-refractivity contribution in [3.8, 4) is 0 Å². The Labute approximate surface area is 173 Å². The lowest BCUT2D eigenvalue weighted by Crippen LogP contribution is -2.23. The van der Waals surface area contributed by atoms with Crippen molar-refractivity contribution in [1.29, 1.82) is 0 Å². The summed E-state index contributed by atoms with van der Waals surface area (Å²) in [5.41, 5.74) is 2.13. The Balaban J connectivity index is 1.26. The molecule has 1 N–H and O–H groups in total. The van der Waals surface area contributed by atoms with Crippen molar-refractivity contribution in [2.45, 2.75) is 38.0 Å². The number of carbonyl (C=O) groups excluding carboxylic acids is 1. The van der Waals surface area contributed by atoms with Crippen LogP contribution < -0.4 is 5.32 Å². The van der Waals surface area contributed by atoms with Crippen LogP contribution in [0, 0.1) is 17.2 Å². The number of hydrogen-bond acceptors (Lipinski definition) is 3. The minimum atomic E-state index is -0.228. The summed E-state index contributed by atoms with van der Waals surface area (Å²) in [6.45, 7) is 0. The quantitative estimate of drug-likeness (QED) is 0.601. The number of halogens is 2. The lowest BCUT2D eigenvalue weighted by molar-refractivity contribution is -0.118. The minimum absolute atomic E-state index is 0.0487. The maximum Gasteiger partial charge on any atom is 0.229 e. The molecule has 5 rings (SSSR count). The Kier molecular flexibility index (Phi) is 4.50. The van der Waals surface area contributed by atoms with Crippen LogP contribution in [0.15, 0.2) is 48.8 Å². The van der Waals surface area contributed by atoms with Crippen LogP contribution in [0.1, 0.15) is 43.6 Å². The maximum absolute atomic E-state index is 13.8. The SMILES string of the molecule is O=C(Nc1ccc(Cl)cn1)[C@H]1CC12CCC(c1ccnc3ccc(F)cc13)CC2. The van der Waals surface area contributed by atoms with Crippen LogP contribution in [0.25, 0.3) is 10.9 Å². The average molecular weight is 410 g/mol. The van der Waals surface area contributed by atoms with Crippen LogP contribution in [0.3, 0.4) is 0 Å². The highest BCUT2D eigenvalue weighted by molar-refractivity contribution is 6.30. The second-order valence-corrected chi connectivity index (χ2v) is 8.74. The van der Waals surface area contributed by atoms with E-state index in [-0.39, 0.29) is 23.1 Å². The molecule has 0 aliphatic heterocycles. The van der Waals surface area contributed by atoms with Crippen molar-refractivity contribution in [3.63, 3.8) is 0 Å². The third kappa shape index (κ3) is 3.48. The first-order valence-corrected chi connectivity index (χ1v) is 10.4. The van der Waals surface area contributed by atoms with E-state index in [0.29, 0.717) is 16.8 Å². The Morgan fingerprint density at radius 2 is 1.97 bits per heavy atom. The van der Waals surface area contributed by atoms with E-state index in [4.69, 9.17) is 11.6 Å². The predicted octanol–water partition coefficient (Wildman–Crippen LogP) is 5.72. The van der Waals surface area contributed by atoms with Gasteiger partial charge in [-0.3, -0.25) is 9.78 Å². The molecular formula is C23H21ClFN3O. The molecule has 0 unspecified atom stereocenters. The van der Waals surface area contributed by atoms with Gasteiger partial charge in [-0.2, -0.15) is 0 Å². The third-order valence-electron chi connectivity index (χ3n) is 6.64. The van der Waals surface area contributed by atoms with Gasteiger partial charge in [0.05, 0.1) is 10.5 Å². The van der Waals surface area contributed by atoms with Gasteiger partial charge in [-0.05, 0) is 85.4 Å². The van der Waals surface area contributed by atoms with Crippen LogP contribution in [-0.2, 0) is 4.79 Å². The molecular weight excluding hydrogens is 389 g/mol. The van der Waals surface area contributed by atoms with E-state index in [0.717, 1.165) is 43.0 Å². The van der Waals surface area contributed by atoms with E-state index in [1.54, 1.807) is 24.3 Å². The zero-order chi connectivity index (χ0) is 20.0. The number of amides is 1. The van der Waals surface area contributed by atoms with Crippen LogP contribution in [0.2, 0.25) is 5.02 Å². The lowest BCUT2D eigenvalue weighted by Gasteiger charge is -2.30. The Hall–Kier alpha value is -2.53. The highest BCUT2D eigenvalue weighted by atomic mass is 35.5. The fourth-order valence-electron chi connectivity index (χ4n) is 4.93. The molecule has 0 radical (unpaired) electrons. The van der Waals surface area contributed by atoms with Crippen LogP contribution in [0.4, 0.5) is 10.2 Å². The van der Waals surface area contributed by atoms with E-state index >= 15 is 0 Å². The van der Waals surface area contributed by atoms with Crippen molar-refractivity contribution >= 4 is 34.2 Å². The summed E-state index contributed by atoms with van der Waals surface area (Å²) in [7, 11) is 0. The Bertz CT molecular complexity index is 1080. The van der Waals surface area contributed by atoms with Gasteiger partial charge < -0.3 is 5.32 Å². The number of fused-ring (bicyclic) bond motifs is 1. The summed E-state index contributed by atoms with van der Waals surface area (Å²) >= 11 is 5.85. The number of nitrogens with one attached hydrogen (secondary N) is 1. The highest BCUT2D eigenvalue weighted by Gasteiger charge is 2.58. The lowest BCUT2D eigenvalue weighted by atomic mass is 9.75. The smallest absolute Gasteiger partial charge is 0.229 e. The molecule has 3 aromatic rings. The van der Waals surface area contributed by atoms with Crippen molar-refractivity contribution in [1.82, 2.24) is 9.97 Å². The second kappa shape index (κ2) is 7.06. The van der Waals surface area contributed by atoms with Gasteiger partial charge in [-0.25, -0.2) is 9.37 Å². The number of rotatable bonds is 3. The van der Waals surface area contributed by atoms with Gasteiger partial charge in [0.25, 0.3) is 0 Å². The number of hydrogen-bond donors (Lipinski definition) is 1. The maximum atomic E-state index is 13.8. The molecule has 1 spiro atoms. The highest BCUT2D eigenvalue weighted by Crippen LogP contribution is 2.63. The van der Waals surface area contributed by atoms with Gasteiger partial charge in [-0.1, -0.05) is 11.6 Å². The molecule has 29 heavy (non-hydrogen) atoms. The first-order valence-electron chi connectivity index (χ1n) is 10.0. The normalized spacial score (nSPS) is 25.9. The molecule has 1 aromatic carbocycles. The number of pyridine rings is 2. The molecule has 6 heteroatoms. The minimum Gasteiger partial charge on any atom is -0.310 e. The number of aromatic nitrogens is 2. The van der Waals surface area contributed by atoms with Gasteiger partial charge in [0, 0.05) is 23.7 Å². The standard InChI is InChI=1S/C23H21ClFN3O/c24-15-1-4-21(27-13-15)28-22(29)19-12-23(19)8-5-14(6-9-23)17-7-10-26-20-3-2-16(25)11-18(17)20/h1-4,7,10-11,13-14,19H,5-6,8-9,12H2,(H,27,28,29)/t14?,19-,23?/m1/s1. The fraction of sp³-hybridized carbons (Fsp3) is 0.348. The molecule has 2 aliphatic carbocycles. The average Bonchev–Trinajstić information content (AvgIpc) is 3.43. The van der Waals surface area contributed by atoms with Gasteiger partial charge >= 0.3 is 0 Å². The number of anilines is 1. The molecule has 0 saturated heterocycles. The number of nitrogens with zero attached hydrogens (tertiary/aromatic N) is 2. The summed E-state index contributed by atoms with van der Waals surface area (Å²) in [5.74, 6) is 0.798. The third-order valence-corrected chi connectivity index (χ3v) is 6.87. The fourth-order valence-corrected chi connectivity index (χ4v) is 5.05. The molecule has 0 bridgehead atoms. The summed E-state index contributed by atoms with van der Waals surface area (Å²) in [4.78, 5) is 21.2. The van der Waals surface area contributed by atoms with Crippen LogP contribution in [-0.4, -0.2) is 15.9 Å². The first kappa shape index (κ1) is 18.5. The summed E-state index contributed by atoms with van der Waals surface area (Å²) in [5, 5.41) is 4.38. The molecule has 2 heterocycles. The number of benzene rings is 1. The van der Waals surface area contributed by atoms with Gasteiger partial charge in [0.2, 0.25) is 5.91 Å². The van der Waals surface area contributed by atoms with E-state index in [9.17, 15) is 9.18 Å². The van der Waals surface area contributed by atoms with Gasteiger partial charge in [0.15, 0.2) is 0 Å². The van der Waals surface area contributed by atoms with Crippen molar-refractivity contribution in [2.75, 3.05) is 5.32 Å². The topological polar surface area (TPSA) is 54.9 Å². The predicted molar refractivity (Wildman–Crippen MR) is 111 cm³/mol. The monoisotopic (exact) mass is 409 g/mol. The summed E-state index contributed by atoms with van der Waals surface area (Å²) < 4.78 is 13.8. The molecule has 2 saturated carbocycles. The van der Waals surface area contributed by atoms with E-state index in [1.807, 2.05) is 12.3 Å². The van der Waals surface area contributed by atoms with Crippen molar-refractivity contribution in [3.05, 3.63) is 65.2 Å². The van der Waals surface area contributed by atoms with Crippen molar-refractivity contribution in [2.24, 2.45) is 11.3 Å².